The monoisotopic (exact) mass is 141 g/mol. The molecule has 58 valence electrons. The average Bonchev–Trinajstić information content (AvgIpc) is 2.08. The lowest BCUT2D eigenvalue weighted by atomic mass is 9.89. The van der Waals surface area contributed by atoms with Crippen LogP contribution in [0.2, 0.25) is 0 Å². The first-order valence-electron chi connectivity index (χ1n) is 3.87. The first kappa shape index (κ1) is 7.58. The molecule has 0 bridgehead atoms. The molecule has 0 radical (unpaired) electrons. The summed E-state index contributed by atoms with van der Waals surface area (Å²) in [4.78, 5) is 11.2. The molecule has 2 heteroatoms. The largest absolute Gasteiger partial charge is 0.353 e. The molecular formula is C8H15NO. The smallest absolute Gasteiger partial charge is 0.225 e. The highest BCUT2D eigenvalue weighted by molar-refractivity contribution is 5.84. The van der Waals surface area contributed by atoms with Crippen molar-refractivity contribution in [3.63, 3.8) is 0 Å². The minimum Gasteiger partial charge on any atom is -0.353 e. The Hall–Kier alpha value is -0.530. The van der Waals surface area contributed by atoms with Crippen LogP contribution in [-0.4, -0.2) is 11.9 Å². The number of nitrogens with one attached hydrogen (secondary N) is 1. The SMILES string of the molecule is CCC1CC(C)(C)C(=O)N1. The Kier molecular flexibility index (Phi) is 1.71. The van der Waals surface area contributed by atoms with Gasteiger partial charge >= 0.3 is 0 Å². The molecular weight excluding hydrogens is 126 g/mol. The van der Waals surface area contributed by atoms with Crippen molar-refractivity contribution in [2.24, 2.45) is 5.41 Å². The van der Waals surface area contributed by atoms with E-state index in [2.05, 4.69) is 12.2 Å². The van der Waals surface area contributed by atoms with Crippen LogP contribution in [-0.2, 0) is 4.79 Å². The molecule has 1 fully saturated rings. The summed E-state index contributed by atoms with van der Waals surface area (Å²) in [5.41, 5.74) is -0.124. The molecule has 0 spiro atoms. The summed E-state index contributed by atoms with van der Waals surface area (Å²) in [5.74, 6) is 0.208. The minimum absolute atomic E-state index is 0.124. The normalized spacial score (nSPS) is 30.3. The summed E-state index contributed by atoms with van der Waals surface area (Å²) in [6.07, 6.45) is 2.04. The minimum atomic E-state index is -0.124. The molecule has 1 heterocycles. The number of rotatable bonds is 1. The molecule has 1 amide bonds. The van der Waals surface area contributed by atoms with Gasteiger partial charge < -0.3 is 5.32 Å². The van der Waals surface area contributed by atoms with Crippen LogP contribution in [0.25, 0.3) is 0 Å². The molecule has 2 nitrogen and oxygen atoms in total. The summed E-state index contributed by atoms with van der Waals surface area (Å²) in [7, 11) is 0. The number of hydrogen-bond acceptors (Lipinski definition) is 1. The van der Waals surface area contributed by atoms with Gasteiger partial charge in [0.15, 0.2) is 0 Å². The Morgan fingerprint density at radius 2 is 2.30 bits per heavy atom. The molecule has 0 aromatic rings. The average molecular weight is 141 g/mol. The van der Waals surface area contributed by atoms with Gasteiger partial charge in [-0.2, -0.15) is 0 Å². The zero-order valence-electron chi connectivity index (χ0n) is 6.90. The van der Waals surface area contributed by atoms with Gasteiger partial charge in [0.2, 0.25) is 5.91 Å². The van der Waals surface area contributed by atoms with E-state index in [1.807, 2.05) is 13.8 Å². The van der Waals surface area contributed by atoms with E-state index in [1.165, 1.54) is 0 Å². The van der Waals surface area contributed by atoms with Crippen LogP contribution in [0, 0.1) is 5.41 Å². The van der Waals surface area contributed by atoms with E-state index in [-0.39, 0.29) is 11.3 Å². The van der Waals surface area contributed by atoms with Crippen LogP contribution in [0.5, 0.6) is 0 Å². The molecule has 0 aromatic carbocycles. The topological polar surface area (TPSA) is 29.1 Å². The standard InChI is InChI=1S/C8H15NO/c1-4-6-5-8(2,3)7(10)9-6/h6H,4-5H2,1-3H3,(H,9,10). The molecule has 0 aromatic heterocycles. The van der Waals surface area contributed by atoms with Gasteiger partial charge in [-0.25, -0.2) is 0 Å². The zero-order valence-corrected chi connectivity index (χ0v) is 6.90. The third-order valence-electron chi connectivity index (χ3n) is 2.20. The van der Waals surface area contributed by atoms with Crippen LogP contribution in [0.1, 0.15) is 33.6 Å². The molecule has 1 atom stereocenters. The van der Waals surface area contributed by atoms with Crippen molar-refractivity contribution in [1.29, 1.82) is 0 Å². The van der Waals surface area contributed by atoms with E-state index in [0.717, 1.165) is 12.8 Å². The molecule has 1 aliphatic heterocycles. The Morgan fingerprint density at radius 1 is 1.70 bits per heavy atom. The molecule has 1 aliphatic rings. The maximum Gasteiger partial charge on any atom is 0.225 e. The summed E-state index contributed by atoms with van der Waals surface area (Å²) in [5, 5.41) is 2.95. The van der Waals surface area contributed by atoms with Crippen molar-refractivity contribution in [2.45, 2.75) is 39.7 Å². The van der Waals surface area contributed by atoms with Crippen molar-refractivity contribution >= 4 is 5.91 Å². The first-order valence-corrected chi connectivity index (χ1v) is 3.87. The number of hydrogen-bond donors (Lipinski definition) is 1. The highest BCUT2D eigenvalue weighted by Crippen LogP contribution is 2.29. The van der Waals surface area contributed by atoms with Crippen LogP contribution in [0.4, 0.5) is 0 Å². The van der Waals surface area contributed by atoms with Crippen molar-refractivity contribution in [2.75, 3.05) is 0 Å². The van der Waals surface area contributed by atoms with E-state index in [0.29, 0.717) is 6.04 Å². The molecule has 10 heavy (non-hydrogen) atoms. The number of carbonyl (C=O) groups excluding carboxylic acids is 1. The van der Waals surface area contributed by atoms with E-state index in [9.17, 15) is 4.79 Å². The van der Waals surface area contributed by atoms with Crippen molar-refractivity contribution < 1.29 is 4.79 Å². The predicted octanol–water partition coefficient (Wildman–Crippen LogP) is 1.31. The lowest BCUT2D eigenvalue weighted by molar-refractivity contribution is -0.126. The molecule has 0 aliphatic carbocycles. The predicted molar refractivity (Wildman–Crippen MR) is 40.6 cm³/mol. The quantitative estimate of drug-likeness (QED) is 0.586. The Bertz CT molecular complexity index is 151. The summed E-state index contributed by atoms with van der Waals surface area (Å²) >= 11 is 0. The lowest BCUT2D eigenvalue weighted by Crippen LogP contribution is -2.28. The van der Waals surface area contributed by atoms with Crippen molar-refractivity contribution in [1.82, 2.24) is 5.32 Å². The molecule has 1 unspecified atom stereocenters. The third-order valence-corrected chi connectivity index (χ3v) is 2.20. The maximum absolute atomic E-state index is 11.2. The number of amides is 1. The van der Waals surface area contributed by atoms with Crippen molar-refractivity contribution in [3.8, 4) is 0 Å². The van der Waals surface area contributed by atoms with Gasteiger partial charge in [-0.05, 0) is 12.8 Å². The van der Waals surface area contributed by atoms with Gasteiger partial charge in [0.1, 0.15) is 0 Å². The molecule has 1 saturated heterocycles. The van der Waals surface area contributed by atoms with Gasteiger partial charge in [-0.1, -0.05) is 20.8 Å². The van der Waals surface area contributed by atoms with Crippen LogP contribution in [0.3, 0.4) is 0 Å². The Balaban J connectivity index is 2.62. The van der Waals surface area contributed by atoms with Gasteiger partial charge in [0, 0.05) is 11.5 Å². The summed E-state index contributed by atoms with van der Waals surface area (Å²) in [6, 6.07) is 0.419. The lowest BCUT2D eigenvalue weighted by Gasteiger charge is -2.11. The van der Waals surface area contributed by atoms with Crippen molar-refractivity contribution in [3.05, 3.63) is 0 Å². The number of carbonyl (C=O) groups is 1. The van der Waals surface area contributed by atoms with Crippen LogP contribution < -0.4 is 5.32 Å². The first-order chi connectivity index (χ1) is 4.56. The Morgan fingerprint density at radius 3 is 2.50 bits per heavy atom. The molecule has 1 rings (SSSR count). The maximum atomic E-state index is 11.2. The zero-order chi connectivity index (χ0) is 7.78. The summed E-state index contributed by atoms with van der Waals surface area (Å²) in [6.45, 7) is 6.10. The van der Waals surface area contributed by atoms with E-state index in [4.69, 9.17) is 0 Å². The fraction of sp³-hybridized carbons (Fsp3) is 0.875. The van der Waals surface area contributed by atoms with Gasteiger partial charge in [0.25, 0.3) is 0 Å². The summed E-state index contributed by atoms with van der Waals surface area (Å²) < 4.78 is 0. The highest BCUT2D eigenvalue weighted by Gasteiger charge is 2.37. The second kappa shape index (κ2) is 2.26. The fourth-order valence-electron chi connectivity index (χ4n) is 1.39. The van der Waals surface area contributed by atoms with Gasteiger partial charge in [-0.15, -0.1) is 0 Å². The van der Waals surface area contributed by atoms with Crippen LogP contribution in [0.15, 0.2) is 0 Å². The Labute approximate surface area is 62.0 Å². The van der Waals surface area contributed by atoms with E-state index in [1.54, 1.807) is 0 Å². The third kappa shape index (κ3) is 1.15. The molecule has 0 saturated carbocycles. The second-order valence-electron chi connectivity index (χ2n) is 3.67. The van der Waals surface area contributed by atoms with E-state index < -0.39 is 0 Å². The van der Waals surface area contributed by atoms with E-state index >= 15 is 0 Å². The van der Waals surface area contributed by atoms with Crippen LogP contribution >= 0.6 is 0 Å². The van der Waals surface area contributed by atoms with Gasteiger partial charge in [0.05, 0.1) is 0 Å². The van der Waals surface area contributed by atoms with Gasteiger partial charge in [-0.3, -0.25) is 4.79 Å². The second-order valence-corrected chi connectivity index (χ2v) is 3.67. The molecule has 1 N–H and O–H groups in total. The highest BCUT2D eigenvalue weighted by atomic mass is 16.2. The fourth-order valence-corrected chi connectivity index (χ4v) is 1.39.